The van der Waals surface area contributed by atoms with Crippen LogP contribution in [0.4, 0.5) is 0 Å². The number of carbonyl (C=O) groups is 1. The first-order valence-corrected chi connectivity index (χ1v) is 11.3. The van der Waals surface area contributed by atoms with Crippen molar-refractivity contribution in [3.05, 3.63) is 63.4 Å². The molecule has 30 heavy (non-hydrogen) atoms. The maximum absolute atomic E-state index is 12.9. The first kappa shape index (κ1) is 19.2. The lowest BCUT2D eigenvalue weighted by molar-refractivity contribution is 0.0740. The average Bonchev–Trinajstić information content (AvgIpc) is 3.25. The number of amides is 1. The van der Waals surface area contributed by atoms with Gasteiger partial charge in [-0.15, -0.1) is 11.3 Å². The molecule has 0 saturated carbocycles. The third-order valence-electron chi connectivity index (χ3n) is 5.73. The number of fused-ring (bicyclic) bond motifs is 3. The standard InChI is InChI=1S/C23H25N5OS/c29-22(28-12-10-24-11-13-28)20-14-18-19(30-20)7-6-17-15-26-23(27-21(17)18)25-9-8-16-4-2-1-3-5-16/h1-7,14-15,17,21,24H,8-13H2,(H,25,27). The van der Waals surface area contributed by atoms with Crippen molar-refractivity contribution in [2.45, 2.75) is 12.5 Å². The highest BCUT2D eigenvalue weighted by Crippen LogP contribution is 2.40. The van der Waals surface area contributed by atoms with Crippen LogP contribution in [0.1, 0.15) is 31.7 Å². The second-order valence-electron chi connectivity index (χ2n) is 7.75. The molecule has 6 nitrogen and oxygen atoms in total. The Labute approximate surface area is 180 Å². The first-order chi connectivity index (χ1) is 14.8. The van der Waals surface area contributed by atoms with Gasteiger partial charge in [0.1, 0.15) is 0 Å². The monoisotopic (exact) mass is 419 g/mol. The molecule has 154 valence electrons. The molecule has 2 aromatic rings. The van der Waals surface area contributed by atoms with Crippen LogP contribution < -0.4 is 10.6 Å². The number of benzene rings is 1. The summed E-state index contributed by atoms with van der Waals surface area (Å²) in [5, 5.41) is 6.66. The van der Waals surface area contributed by atoms with Crippen molar-refractivity contribution < 1.29 is 4.79 Å². The van der Waals surface area contributed by atoms with Gasteiger partial charge in [0.25, 0.3) is 5.91 Å². The van der Waals surface area contributed by atoms with E-state index in [2.05, 4.69) is 58.1 Å². The molecule has 2 aliphatic heterocycles. The third-order valence-corrected chi connectivity index (χ3v) is 6.83. The van der Waals surface area contributed by atoms with Gasteiger partial charge in [-0.3, -0.25) is 4.79 Å². The highest BCUT2D eigenvalue weighted by molar-refractivity contribution is 7.15. The number of hydrogen-bond donors (Lipinski definition) is 2. The van der Waals surface area contributed by atoms with Crippen LogP contribution in [0, 0.1) is 5.92 Å². The van der Waals surface area contributed by atoms with Crippen LogP contribution in [0.25, 0.3) is 6.08 Å². The summed E-state index contributed by atoms with van der Waals surface area (Å²) in [6.07, 6.45) is 7.16. The predicted octanol–water partition coefficient (Wildman–Crippen LogP) is 2.75. The number of guanidine groups is 1. The molecular weight excluding hydrogens is 394 g/mol. The molecule has 3 heterocycles. The Morgan fingerprint density at radius 3 is 2.90 bits per heavy atom. The summed E-state index contributed by atoms with van der Waals surface area (Å²) < 4.78 is 0. The van der Waals surface area contributed by atoms with Crippen molar-refractivity contribution >= 4 is 35.5 Å². The zero-order valence-electron chi connectivity index (χ0n) is 16.8. The van der Waals surface area contributed by atoms with E-state index in [1.54, 1.807) is 11.3 Å². The van der Waals surface area contributed by atoms with E-state index in [1.165, 1.54) is 5.56 Å². The summed E-state index contributed by atoms with van der Waals surface area (Å²) in [4.78, 5) is 26.2. The molecule has 0 spiro atoms. The van der Waals surface area contributed by atoms with Gasteiger partial charge in [0.2, 0.25) is 5.96 Å². The number of nitrogens with zero attached hydrogens (tertiary/aromatic N) is 3. The summed E-state index contributed by atoms with van der Waals surface area (Å²) in [7, 11) is 0. The Balaban J connectivity index is 1.29. The Morgan fingerprint density at radius 1 is 1.23 bits per heavy atom. The molecule has 2 atom stereocenters. The zero-order valence-corrected chi connectivity index (χ0v) is 17.6. The quantitative estimate of drug-likeness (QED) is 0.801. The summed E-state index contributed by atoms with van der Waals surface area (Å²) in [6, 6.07) is 12.4. The fourth-order valence-electron chi connectivity index (χ4n) is 4.08. The van der Waals surface area contributed by atoms with Gasteiger partial charge in [-0.25, -0.2) is 9.98 Å². The van der Waals surface area contributed by atoms with Crippen LogP contribution >= 0.6 is 11.3 Å². The molecule has 1 fully saturated rings. The molecule has 1 aromatic carbocycles. The lowest BCUT2D eigenvalue weighted by atomic mass is 9.89. The van der Waals surface area contributed by atoms with Crippen molar-refractivity contribution in [1.29, 1.82) is 0 Å². The van der Waals surface area contributed by atoms with Gasteiger partial charge < -0.3 is 15.5 Å². The number of thiophene rings is 1. The molecule has 3 aliphatic rings. The van der Waals surface area contributed by atoms with Crippen molar-refractivity contribution in [1.82, 2.24) is 15.5 Å². The van der Waals surface area contributed by atoms with Gasteiger partial charge in [0, 0.05) is 49.7 Å². The number of hydrogen-bond acceptors (Lipinski definition) is 6. The second kappa shape index (κ2) is 8.53. The van der Waals surface area contributed by atoms with Crippen molar-refractivity contribution in [3.8, 4) is 0 Å². The Hall–Kier alpha value is -2.77. The van der Waals surface area contributed by atoms with E-state index in [0.717, 1.165) is 54.5 Å². The molecular formula is C23H25N5OS. The highest BCUT2D eigenvalue weighted by Gasteiger charge is 2.31. The van der Waals surface area contributed by atoms with Gasteiger partial charge in [-0.1, -0.05) is 36.4 Å². The summed E-state index contributed by atoms with van der Waals surface area (Å²) in [5.74, 6) is 0.957. The van der Waals surface area contributed by atoms with Crippen LogP contribution in [-0.2, 0) is 6.42 Å². The van der Waals surface area contributed by atoms with Gasteiger partial charge in [0.05, 0.1) is 10.9 Å². The molecule has 0 radical (unpaired) electrons. The van der Waals surface area contributed by atoms with Crippen molar-refractivity contribution in [3.63, 3.8) is 0 Å². The predicted molar refractivity (Wildman–Crippen MR) is 122 cm³/mol. The number of piperazine rings is 1. The van der Waals surface area contributed by atoms with Crippen molar-refractivity contribution in [2.24, 2.45) is 15.9 Å². The number of aliphatic imine (C=N–C) groups is 2. The molecule has 7 heteroatoms. The lowest BCUT2D eigenvalue weighted by Crippen LogP contribution is -2.46. The normalized spacial score (nSPS) is 22.3. The smallest absolute Gasteiger partial charge is 0.264 e. The summed E-state index contributed by atoms with van der Waals surface area (Å²) >= 11 is 1.58. The van der Waals surface area contributed by atoms with Crippen molar-refractivity contribution in [2.75, 3.05) is 32.7 Å². The minimum Gasteiger partial charge on any atom is -0.354 e. The van der Waals surface area contributed by atoms with Gasteiger partial charge in [0.15, 0.2) is 0 Å². The summed E-state index contributed by atoms with van der Waals surface area (Å²) in [5.41, 5.74) is 2.43. The Bertz CT molecular complexity index is 1000. The SMILES string of the molecule is O=C(c1cc2c(s1)C=CC1C=NC(NCCc3ccccc3)=NC21)N1CCNCC1. The molecule has 1 aliphatic carbocycles. The largest absolute Gasteiger partial charge is 0.354 e. The molecule has 1 amide bonds. The van der Waals surface area contributed by atoms with Gasteiger partial charge in [-0.2, -0.15) is 0 Å². The zero-order chi connectivity index (χ0) is 20.3. The average molecular weight is 420 g/mol. The minimum absolute atomic E-state index is 0.0115. The molecule has 1 aromatic heterocycles. The lowest BCUT2D eigenvalue weighted by Gasteiger charge is -2.27. The van der Waals surface area contributed by atoms with Crippen LogP contribution in [0.2, 0.25) is 0 Å². The fourth-order valence-corrected chi connectivity index (χ4v) is 5.17. The van der Waals surface area contributed by atoms with Crippen LogP contribution in [0.3, 0.4) is 0 Å². The van der Waals surface area contributed by atoms with Gasteiger partial charge in [-0.05, 0) is 29.7 Å². The van der Waals surface area contributed by atoms with E-state index in [-0.39, 0.29) is 17.9 Å². The molecule has 1 saturated heterocycles. The van der Waals surface area contributed by atoms with Crippen LogP contribution in [0.15, 0.2) is 52.5 Å². The van der Waals surface area contributed by atoms with E-state index < -0.39 is 0 Å². The maximum Gasteiger partial charge on any atom is 0.264 e. The Morgan fingerprint density at radius 2 is 2.07 bits per heavy atom. The maximum atomic E-state index is 12.9. The molecule has 5 rings (SSSR count). The Kier molecular flexibility index (Phi) is 5.46. The highest BCUT2D eigenvalue weighted by atomic mass is 32.1. The van der Waals surface area contributed by atoms with E-state index in [1.807, 2.05) is 17.2 Å². The topological polar surface area (TPSA) is 69.1 Å². The number of carbonyl (C=O) groups excluding carboxylic acids is 1. The van der Waals surface area contributed by atoms with Gasteiger partial charge >= 0.3 is 0 Å². The van der Waals surface area contributed by atoms with E-state index in [0.29, 0.717) is 5.96 Å². The molecule has 0 bridgehead atoms. The third kappa shape index (κ3) is 3.95. The van der Waals surface area contributed by atoms with Crippen LogP contribution in [0.5, 0.6) is 0 Å². The van der Waals surface area contributed by atoms with E-state index in [9.17, 15) is 4.79 Å². The summed E-state index contributed by atoms with van der Waals surface area (Å²) in [6.45, 7) is 4.05. The van der Waals surface area contributed by atoms with Crippen LogP contribution in [-0.4, -0.2) is 55.7 Å². The number of rotatable bonds is 4. The fraction of sp³-hybridized carbons (Fsp3) is 0.348. The first-order valence-electron chi connectivity index (χ1n) is 10.5. The second-order valence-corrected chi connectivity index (χ2v) is 8.83. The molecule has 2 unspecified atom stereocenters. The van der Waals surface area contributed by atoms with E-state index >= 15 is 0 Å². The minimum atomic E-state index is -0.0115. The molecule has 2 N–H and O–H groups in total. The van der Waals surface area contributed by atoms with E-state index in [4.69, 9.17) is 4.99 Å². The number of nitrogens with one attached hydrogen (secondary N) is 2.